The van der Waals surface area contributed by atoms with E-state index in [2.05, 4.69) is 20.6 Å². The van der Waals surface area contributed by atoms with Crippen LogP contribution in [-0.2, 0) is 11.3 Å². The van der Waals surface area contributed by atoms with E-state index in [1.54, 1.807) is 26.4 Å². The van der Waals surface area contributed by atoms with Crippen molar-refractivity contribution in [2.24, 2.45) is 10.7 Å². The van der Waals surface area contributed by atoms with Gasteiger partial charge < -0.3 is 16.4 Å². The Morgan fingerprint density at radius 3 is 2.70 bits per heavy atom. The van der Waals surface area contributed by atoms with Crippen molar-refractivity contribution in [3.63, 3.8) is 0 Å². The number of nitrogens with zero attached hydrogens (tertiary/aromatic N) is 2. The summed E-state index contributed by atoms with van der Waals surface area (Å²) in [5.74, 6) is 0.403. The number of carbonyl (C=O) groups excluding carboxylic acids is 1. The zero-order chi connectivity index (χ0) is 17.2. The molecule has 1 rings (SSSR count). The number of carbonyl (C=O) groups is 1. The van der Waals surface area contributed by atoms with Crippen LogP contribution in [0.1, 0.15) is 32.8 Å². The van der Waals surface area contributed by atoms with Crippen molar-refractivity contribution >= 4 is 11.6 Å². The average Bonchev–Trinajstić information content (AvgIpc) is 2.59. The fourth-order valence-corrected chi connectivity index (χ4v) is 1.88. The third kappa shape index (κ3) is 5.58. The molecule has 6 nitrogen and oxygen atoms in total. The molecule has 0 radical (unpaired) electrons. The highest BCUT2D eigenvalue weighted by Crippen LogP contribution is 2.06. The number of nitrogens with two attached hydrogens (primary N) is 1. The van der Waals surface area contributed by atoms with E-state index < -0.39 is 0 Å². The molecule has 0 aliphatic carbocycles. The maximum Gasteiger partial charge on any atom is 0.275 e. The molecular formula is C17H25N5O. The monoisotopic (exact) mass is 315 g/mol. The summed E-state index contributed by atoms with van der Waals surface area (Å²) in [4.78, 5) is 20.5. The van der Waals surface area contributed by atoms with E-state index in [4.69, 9.17) is 5.73 Å². The normalized spacial score (nSPS) is 13.4. The maximum absolute atomic E-state index is 12.4. The Kier molecular flexibility index (Phi) is 7.53. The van der Waals surface area contributed by atoms with Gasteiger partial charge in [-0.25, -0.2) is 0 Å². The quantitative estimate of drug-likeness (QED) is 0.670. The van der Waals surface area contributed by atoms with Crippen molar-refractivity contribution in [2.45, 2.75) is 33.7 Å². The SMILES string of the molecule is CC/C(C)=C(/NCc1cccnc1)NC(=O)C(=NC)C(C)=CN. The molecule has 0 aliphatic heterocycles. The molecule has 23 heavy (non-hydrogen) atoms. The Morgan fingerprint density at radius 1 is 1.43 bits per heavy atom. The van der Waals surface area contributed by atoms with E-state index in [-0.39, 0.29) is 5.91 Å². The molecule has 0 spiro atoms. The molecule has 0 aromatic carbocycles. The van der Waals surface area contributed by atoms with Gasteiger partial charge in [0.2, 0.25) is 0 Å². The summed E-state index contributed by atoms with van der Waals surface area (Å²) in [7, 11) is 1.57. The van der Waals surface area contributed by atoms with Gasteiger partial charge in [0.25, 0.3) is 5.91 Å². The molecule has 0 fully saturated rings. The zero-order valence-electron chi connectivity index (χ0n) is 14.2. The van der Waals surface area contributed by atoms with E-state index in [0.717, 1.165) is 17.6 Å². The fraction of sp³-hybridized carbons (Fsp3) is 0.353. The molecule has 124 valence electrons. The van der Waals surface area contributed by atoms with Crippen LogP contribution in [0.25, 0.3) is 0 Å². The molecule has 1 amide bonds. The van der Waals surface area contributed by atoms with Crippen LogP contribution in [0.2, 0.25) is 0 Å². The van der Waals surface area contributed by atoms with Crippen molar-refractivity contribution in [1.29, 1.82) is 0 Å². The number of hydrogen-bond donors (Lipinski definition) is 3. The van der Waals surface area contributed by atoms with Gasteiger partial charge in [0.1, 0.15) is 11.5 Å². The van der Waals surface area contributed by atoms with Crippen molar-refractivity contribution in [3.05, 3.63) is 53.3 Å². The number of allylic oxidation sites excluding steroid dienone is 1. The lowest BCUT2D eigenvalue weighted by atomic mass is 10.1. The number of hydrogen-bond acceptors (Lipinski definition) is 5. The molecule has 1 heterocycles. The molecule has 6 heteroatoms. The lowest BCUT2D eigenvalue weighted by Crippen LogP contribution is -2.37. The van der Waals surface area contributed by atoms with E-state index in [1.165, 1.54) is 6.20 Å². The number of aliphatic imine (C=N–C) groups is 1. The second kappa shape index (κ2) is 9.40. The number of nitrogens with one attached hydrogen (secondary N) is 2. The molecule has 0 atom stereocenters. The number of amides is 1. The van der Waals surface area contributed by atoms with Gasteiger partial charge in [0.15, 0.2) is 0 Å². The molecule has 1 aromatic rings. The van der Waals surface area contributed by atoms with Crippen molar-refractivity contribution < 1.29 is 4.79 Å². The minimum Gasteiger partial charge on any atom is -0.404 e. The van der Waals surface area contributed by atoms with Crippen LogP contribution >= 0.6 is 0 Å². The third-order valence-electron chi connectivity index (χ3n) is 3.45. The van der Waals surface area contributed by atoms with Crippen molar-refractivity contribution in [2.75, 3.05) is 7.05 Å². The van der Waals surface area contributed by atoms with Crippen LogP contribution in [0.3, 0.4) is 0 Å². The second-order valence-corrected chi connectivity index (χ2v) is 5.10. The highest BCUT2D eigenvalue weighted by molar-refractivity contribution is 6.45. The van der Waals surface area contributed by atoms with Crippen LogP contribution in [0.5, 0.6) is 0 Å². The van der Waals surface area contributed by atoms with Crippen LogP contribution in [0, 0.1) is 0 Å². The molecule has 0 saturated heterocycles. The van der Waals surface area contributed by atoms with Crippen molar-refractivity contribution in [3.8, 4) is 0 Å². The molecule has 0 unspecified atom stereocenters. The van der Waals surface area contributed by atoms with Crippen LogP contribution < -0.4 is 16.4 Å². The zero-order valence-corrected chi connectivity index (χ0v) is 14.2. The van der Waals surface area contributed by atoms with E-state index in [9.17, 15) is 4.79 Å². The minimum atomic E-state index is -0.284. The Bertz CT molecular complexity index is 617. The largest absolute Gasteiger partial charge is 0.404 e. The first kappa shape index (κ1) is 18.4. The van der Waals surface area contributed by atoms with Crippen molar-refractivity contribution in [1.82, 2.24) is 15.6 Å². The first-order chi connectivity index (χ1) is 11.0. The fourth-order valence-electron chi connectivity index (χ4n) is 1.88. The summed E-state index contributed by atoms with van der Waals surface area (Å²) in [6, 6.07) is 3.85. The number of rotatable bonds is 7. The molecule has 4 N–H and O–H groups in total. The summed E-state index contributed by atoms with van der Waals surface area (Å²) in [5, 5.41) is 6.14. The van der Waals surface area contributed by atoms with Gasteiger partial charge in [-0.2, -0.15) is 0 Å². The smallest absolute Gasteiger partial charge is 0.275 e. The summed E-state index contributed by atoms with van der Waals surface area (Å²) in [6.45, 7) is 6.33. The molecule has 0 saturated carbocycles. The standard InChI is InChI=1S/C17H25N5O/c1-5-12(2)16(21-11-14-7-6-8-20-10-14)22-17(23)15(19-4)13(3)9-18/h6-10,21H,5,11,18H2,1-4H3,(H,22,23)/b13-9?,16-12-,19-15?. The van der Waals surface area contributed by atoms with Gasteiger partial charge in [-0.15, -0.1) is 0 Å². The van der Waals surface area contributed by atoms with Crippen LogP contribution in [-0.4, -0.2) is 23.7 Å². The van der Waals surface area contributed by atoms with E-state index in [1.807, 2.05) is 26.0 Å². The average molecular weight is 315 g/mol. The Hall–Kier alpha value is -2.63. The van der Waals surface area contributed by atoms with Gasteiger partial charge in [-0.3, -0.25) is 14.8 Å². The summed E-state index contributed by atoms with van der Waals surface area (Å²) in [6.07, 6.45) is 5.71. The lowest BCUT2D eigenvalue weighted by molar-refractivity contribution is -0.114. The highest BCUT2D eigenvalue weighted by atomic mass is 16.2. The predicted octanol–water partition coefficient (Wildman–Crippen LogP) is 1.86. The Labute approximate surface area is 137 Å². The van der Waals surface area contributed by atoms with Crippen LogP contribution in [0.4, 0.5) is 0 Å². The Balaban J connectivity index is 2.86. The third-order valence-corrected chi connectivity index (χ3v) is 3.45. The highest BCUT2D eigenvalue weighted by Gasteiger charge is 2.15. The lowest BCUT2D eigenvalue weighted by Gasteiger charge is -2.16. The first-order valence-electron chi connectivity index (χ1n) is 7.53. The van der Waals surface area contributed by atoms with E-state index >= 15 is 0 Å². The summed E-state index contributed by atoms with van der Waals surface area (Å²) < 4.78 is 0. The second-order valence-electron chi connectivity index (χ2n) is 5.10. The number of aromatic nitrogens is 1. The van der Waals surface area contributed by atoms with Gasteiger partial charge in [-0.05, 0) is 49.2 Å². The predicted molar refractivity (Wildman–Crippen MR) is 93.5 cm³/mol. The molecule has 0 bridgehead atoms. The minimum absolute atomic E-state index is 0.284. The van der Waals surface area contributed by atoms with E-state index in [0.29, 0.717) is 23.7 Å². The topological polar surface area (TPSA) is 92.4 Å². The molecular weight excluding hydrogens is 290 g/mol. The van der Waals surface area contributed by atoms with Gasteiger partial charge in [0.05, 0.1) is 0 Å². The summed E-state index contributed by atoms with van der Waals surface area (Å²) in [5.41, 5.74) is 8.51. The first-order valence-corrected chi connectivity index (χ1v) is 7.53. The van der Waals surface area contributed by atoms with Gasteiger partial charge in [0, 0.05) is 26.0 Å². The molecule has 1 aromatic heterocycles. The number of pyridine rings is 1. The maximum atomic E-state index is 12.4. The summed E-state index contributed by atoms with van der Waals surface area (Å²) >= 11 is 0. The van der Waals surface area contributed by atoms with Crippen LogP contribution in [0.15, 0.2) is 52.7 Å². The Morgan fingerprint density at radius 2 is 2.17 bits per heavy atom. The van der Waals surface area contributed by atoms with Gasteiger partial charge in [-0.1, -0.05) is 13.0 Å². The molecule has 0 aliphatic rings. The van der Waals surface area contributed by atoms with Gasteiger partial charge >= 0.3 is 0 Å².